The van der Waals surface area contributed by atoms with Crippen LogP contribution in [0.15, 0.2) is 0 Å². The highest BCUT2D eigenvalue weighted by atomic mass is 16.5. The highest BCUT2D eigenvalue weighted by Gasteiger charge is 1.86. The van der Waals surface area contributed by atoms with Crippen molar-refractivity contribution in [3.05, 3.63) is 0 Å². The molecule has 0 atom stereocenters. The van der Waals surface area contributed by atoms with Gasteiger partial charge in [0.15, 0.2) is 0 Å². The number of aliphatic hydroxyl groups excluding tert-OH is 4. The van der Waals surface area contributed by atoms with E-state index in [1.807, 2.05) is 0 Å². The molecule has 0 heterocycles. The van der Waals surface area contributed by atoms with Gasteiger partial charge in [-0.15, -0.1) is 0 Å². The summed E-state index contributed by atoms with van der Waals surface area (Å²) in [6, 6.07) is 0. The minimum absolute atomic E-state index is 0.0417. The van der Waals surface area contributed by atoms with Crippen LogP contribution >= 0.6 is 0 Å². The summed E-state index contributed by atoms with van der Waals surface area (Å²) in [7, 11) is 0. The quantitative estimate of drug-likeness (QED) is 0.358. The Bertz CT molecular complexity index is 100. The Balaban J connectivity index is 0. The Morgan fingerprint density at radius 3 is 1.18 bits per heavy atom. The molecule has 0 spiro atoms. The number of aliphatic hydroxyl groups is 4. The van der Waals surface area contributed by atoms with Crippen LogP contribution in [0.3, 0.4) is 0 Å². The van der Waals surface area contributed by atoms with Crippen LogP contribution in [0, 0.1) is 0 Å². The van der Waals surface area contributed by atoms with Gasteiger partial charge in [-0.25, -0.2) is 0 Å². The van der Waals surface area contributed by atoms with Crippen molar-refractivity contribution in [1.82, 2.24) is 0 Å². The lowest BCUT2D eigenvalue weighted by molar-refractivity contribution is 0.0222. The van der Waals surface area contributed by atoms with Gasteiger partial charge in [-0.1, -0.05) is 0 Å². The molecular formula is C11H26O6. The van der Waals surface area contributed by atoms with Crippen molar-refractivity contribution < 1.29 is 29.9 Å². The van der Waals surface area contributed by atoms with Crippen LogP contribution in [0.1, 0.15) is 19.3 Å². The maximum atomic E-state index is 8.26. The van der Waals surface area contributed by atoms with E-state index in [1.54, 1.807) is 0 Å². The molecule has 0 aromatic rings. The topological polar surface area (TPSA) is 99.4 Å². The van der Waals surface area contributed by atoms with Crippen molar-refractivity contribution in [1.29, 1.82) is 0 Å². The molecule has 0 saturated carbocycles. The molecule has 4 N–H and O–H groups in total. The lowest BCUT2D eigenvalue weighted by atomic mass is 10.2. The van der Waals surface area contributed by atoms with Gasteiger partial charge in [0.25, 0.3) is 0 Å². The lowest BCUT2D eigenvalue weighted by Crippen LogP contribution is -2.09. The van der Waals surface area contributed by atoms with E-state index in [0.29, 0.717) is 26.4 Å². The molecule has 0 aromatic carbocycles. The molecule has 17 heavy (non-hydrogen) atoms. The second-order valence-corrected chi connectivity index (χ2v) is 3.18. The molecule has 0 unspecified atom stereocenters. The summed E-state index contributed by atoms with van der Waals surface area (Å²) in [5.41, 5.74) is 0. The van der Waals surface area contributed by atoms with Crippen molar-refractivity contribution in [3.8, 4) is 0 Å². The molecule has 0 rings (SSSR count). The minimum atomic E-state index is 0.0417. The van der Waals surface area contributed by atoms with Crippen molar-refractivity contribution in [3.63, 3.8) is 0 Å². The molecule has 6 nitrogen and oxygen atoms in total. The first-order valence-corrected chi connectivity index (χ1v) is 5.92. The summed E-state index contributed by atoms with van der Waals surface area (Å²) in [4.78, 5) is 0. The van der Waals surface area contributed by atoms with Gasteiger partial charge in [-0.3, -0.25) is 0 Å². The van der Waals surface area contributed by atoms with E-state index < -0.39 is 0 Å². The normalized spacial score (nSPS) is 9.88. The fourth-order valence-electron chi connectivity index (χ4n) is 0.851. The maximum Gasteiger partial charge on any atom is 0.0701 e. The zero-order valence-corrected chi connectivity index (χ0v) is 10.4. The van der Waals surface area contributed by atoms with Crippen LogP contribution in [0.4, 0.5) is 0 Å². The van der Waals surface area contributed by atoms with E-state index >= 15 is 0 Å². The van der Waals surface area contributed by atoms with E-state index in [1.165, 1.54) is 0 Å². The first kappa shape index (κ1) is 19.1. The van der Waals surface area contributed by atoms with E-state index in [4.69, 9.17) is 29.9 Å². The summed E-state index contributed by atoms with van der Waals surface area (Å²) >= 11 is 0. The Kier molecular flexibility index (Phi) is 23.7. The van der Waals surface area contributed by atoms with Crippen molar-refractivity contribution in [2.24, 2.45) is 0 Å². The number of unbranched alkanes of at least 4 members (excludes halogenated alkanes) is 2. The number of hydrogen-bond donors (Lipinski definition) is 4. The third-order valence-corrected chi connectivity index (χ3v) is 1.66. The van der Waals surface area contributed by atoms with E-state index in [-0.39, 0.29) is 26.4 Å². The van der Waals surface area contributed by atoms with Gasteiger partial charge < -0.3 is 29.9 Å². The summed E-state index contributed by atoms with van der Waals surface area (Å²) in [5.74, 6) is 0. The highest BCUT2D eigenvalue weighted by Crippen LogP contribution is 1.90. The monoisotopic (exact) mass is 254 g/mol. The second-order valence-electron chi connectivity index (χ2n) is 3.18. The lowest BCUT2D eigenvalue weighted by Gasteiger charge is -2.01. The smallest absolute Gasteiger partial charge is 0.0701 e. The number of ether oxygens (including phenoxy) is 2. The van der Waals surface area contributed by atoms with Gasteiger partial charge in [0.1, 0.15) is 0 Å². The molecular weight excluding hydrogens is 228 g/mol. The van der Waals surface area contributed by atoms with Crippen molar-refractivity contribution >= 4 is 0 Å². The van der Waals surface area contributed by atoms with Crippen LogP contribution in [0.25, 0.3) is 0 Å². The number of rotatable bonds is 11. The zero-order chi connectivity index (χ0) is 13.2. The average molecular weight is 254 g/mol. The van der Waals surface area contributed by atoms with Crippen molar-refractivity contribution in [2.45, 2.75) is 19.3 Å². The molecule has 0 aromatic heterocycles. The Hall–Kier alpha value is -0.240. The predicted molar refractivity (Wildman–Crippen MR) is 63.8 cm³/mol. The Morgan fingerprint density at radius 2 is 0.882 bits per heavy atom. The van der Waals surface area contributed by atoms with Crippen LogP contribution in [-0.2, 0) is 9.47 Å². The molecule has 6 heteroatoms. The standard InChI is InChI=1S/C6H14O4.C5H12O2/c7-1-3-9-5-6-10-4-2-8;6-4-2-1-3-5-7/h7-8H,1-6H2;6-7H,1-5H2. The third-order valence-electron chi connectivity index (χ3n) is 1.66. The van der Waals surface area contributed by atoms with Gasteiger partial charge in [-0.05, 0) is 19.3 Å². The molecule has 0 fully saturated rings. The second kappa shape index (κ2) is 21.1. The van der Waals surface area contributed by atoms with E-state index in [2.05, 4.69) is 0 Å². The molecule has 0 saturated heterocycles. The molecule has 0 aliphatic carbocycles. The maximum absolute atomic E-state index is 8.26. The fourth-order valence-corrected chi connectivity index (χ4v) is 0.851. The molecule has 106 valence electrons. The summed E-state index contributed by atoms with van der Waals surface area (Å²) < 4.78 is 9.75. The van der Waals surface area contributed by atoms with Gasteiger partial charge in [-0.2, -0.15) is 0 Å². The zero-order valence-electron chi connectivity index (χ0n) is 10.4. The van der Waals surface area contributed by atoms with Gasteiger partial charge in [0, 0.05) is 13.2 Å². The SMILES string of the molecule is OCCCCCO.OCCOCCOCCO. The summed E-state index contributed by atoms with van der Waals surface area (Å²) in [5, 5.41) is 32.9. The Morgan fingerprint density at radius 1 is 0.471 bits per heavy atom. The Labute approximate surface area is 103 Å². The molecule has 0 radical (unpaired) electrons. The largest absolute Gasteiger partial charge is 0.396 e. The molecule has 0 bridgehead atoms. The van der Waals surface area contributed by atoms with Gasteiger partial charge in [0.2, 0.25) is 0 Å². The molecule has 0 aliphatic heterocycles. The van der Waals surface area contributed by atoms with Crippen LogP contribution < -0.4 is 0 Å². The van der Waals surface area contributed by atoms with Gasteiger partial charge in [0.05, 0.1) is 39.6 Å². The first-order valence-electron chi connectivity index (χ1n) is 5.92. The minimum Gasteiger partial charge on any atom is -0.396 e. The predicted octanol–water partition coefficient (Wildman–Crippen LogP) is -0.854. The van der Waals surface area contributed by atoms with Crippen LogP contribution in [0.2, 0.25) is 0 Å². The number of hydrogen-bond acceptors (Lipinski definition) is 6. The van der Waals surface area contributed by atoms with E-state index in [9.17, 15) is 0 Å². The highest BCUT2D eigenvalue weighted by molar-refractivity contribution is 4.35. The average Bonchev–Trinajstić information content (AvgIpc) is 2.35. The molecule has 0 aliphatic rings. The van der Waals surface area contributed by atoms with Crippen LogP contribution in [0.5, 0.6) is 0 Å². The fraction of sp³-hybridized carbons (Fsp3) is 1.00. The summed E-state index contributed by atoms with van der Waals surface area (Å²) in [6.45, 7) is 2.23. The van der Waals surface area contributed by atoms with Crippen molar-refractivity contribution in [2.75, 3.05) is 52.9 Å². The van der Waals surface area contributed by atoms with Crippen LogP contribution in [-0.4, -0.2) is 73.3 Å². The molecule has 0 amide bonds. The van der Waals surface area contributed by atoms with E-state index in [0.717, 1.165) is 19.3 Å². The third kappa shape index (κ3) is 25.8. The van der Waals surface area contributed by atoms with Gasteiger partial charge >= 0.3 is 0 Å². The summed E-state index contributed by atoms with van der Waals surface area (Å²) in [6.07, 6.45) is 2.58. The first-order chi connectivity index (χ1) is 8.33.